The van der Waals surface area contributed by atoms with E-state index in [0.29, 0.717) is 11.3 Å². The average Bonchev–Trinajstić information content (AvgIpc) is 2.84. The maximum atomic E-state index is 11.9. The molecule has 0 spiro atoms. The zero-order valence-corrected chi connectivity index (χ0v) is 11.5. The first-order chi connectivity index (χ1) is 10.1. The van der Waals surface area contributed by atoms with Crippen molar-refractivity contribution < 1.29 is 14.7 Å². The van der Waals surface area contributed by atoms with E-state index in [4.69, 9.17) is 5.11 Å². The molecule has 6 nitrogen and oxygen atoms in total. The molecule has 1 amide bonds. The van der Waals surface area contributed by atoms with Crippen LogP contribution in [0.15, 0.2) is 42.6 Å². The maximum Gasteiger partial charge on any atom is 0.307 e. The highest BCUT2D eigenvalue weighted by Crippen LogP contribution is 2.15. The number of nitrogens with zero attached hydrogens (tertiary/aromatic N) is 2. The number of benzene rings is 1. The van der Waals surface area contributed by atoms with Crippen molar-refractivity contribution >= 4 is 23.6 Å². The summed E-state index contributed by atoms with van der Waals surface area (Å²) in [5.74, 6) is -1.27. The first-order valence-electron chi connectivity index (χ1n) is 6.33. The van der Waals surface area contributed by atoms with Crippen molar-refractivity contribution in [2.24, 2.45) is 7.05 Å². The predicted octanol–water partition coefficient (Wildman–Crippen LogP) is 1.70. The Kier molecular flexibility index (Phi) is 4.50. The van der Waals surface area contributed by atoms with Crippen molar-refractivity contribution in [1.29, 1.82) is 0 Å². The summed E-state index contributed by atoms with van der Waals surface area (Å²) in [6, 6.07) is 8.61. The van der Waals surface area contributed by atoms with Crippen molar-refractivity contribution in [2.45, 2.75) is 6.42 Å². The molecule has 2 aromatic rings. The summed E-state index contributed by atoms with van der Waals surface area (Å²) in [7, 11) is 1.78. The molecule has 2 N–H and O–H groups in total. The molecule has 0 unspecified atom stereocenters. The minimum atomic E-state index is -0.942. The number of para-hydroxylation sites is 1. The number of amides is 1. The van der Waals surface area contributed by atoms with Crippen molar-refractivity contribution in [3.63, 3.8) is 0 Å². The van der Waals surface area contributed by atoms with Gasteiger partial charge in [0.1, 0.15) is 0 Å². The number of hydrogen-bond donors (Lipinski definition) is 2. The molecule has 0 aliphatic carbocycles. The smallest absolute Gasteiger partial charge is 0.307 e. The highest BCUT2D eigenvalue weighted by atomic mass is 16.4. The number of aliphatic carboxylic acids is 1. The molecule has 0 aliphatic heterocycles. The minimum Gasteiger partial charge on any atom is -0.481 e. The number of carbonyl (C=O) groups excluding carboxylic acids is 1. The summed E-state index contributed by atoms with van der Waals surface area (Å²) >= 11 is 0. The first-order valence-corrected chi connectivity index (χ1v) is 6.33. The molecule has 21 heavy (non-hydrogen) atoms. The van der Waals surface area contributed by atoms with Gasteiger partial charge in [-0.05, 0) is 23.8 Å². The number of rotatable bonds is 5. The van der Waals surface area contributed by atoms with Gasteiger partial charge in [0, 0.05) is 25.0 Å². The van der Waals surface area contributed by atoms with Crippen LogP contribution in [0.25, 0.3) is 6.08 Å². The molecular formula is C15H15N3O3. The second-order valence-electron chi connectivity index (χ2n) is 4.43. The van der Waals surface area contributed by atoms with E-state index in [2.05, 4.69) is 10.4 Å². The van der Waals surface area contributed by atoms with E-state index in [1.165, 1.54) is 6.08 Å². The molecular weight excluding hydrogens is 270 g/mol. The van der Waals surface area contributed by atoms with Gasteiger partial charge < -0.3 is 10.4 Å². The highest BCUT2D eigenvalue weighted by Gasteiger charge is 2.07. The third-order valence-corrected chi connectivity index (χ3v) is 2.88. The number of nitrogens with one attached hydrogen (secondary N) is 1. The lowest BCUT2D eigenvalue weighted by Gasteiger charge is -2.07. The second-order valence-corrected chi connectivity index (χ2v) is 4.43. The van der Waals surface area contributed by atoms with Crippen molar-refractivity contribution in [3.8, 4) is 0 Å². The van der Waals surface area contributed by atoms with Crippen LogP contribution >= 0.6 is 0 Å². The van der Waals surface area contributed by atoms with Crippen molar-refractivity contribution in [1.82, 2.24) is 9.78 Å². The topological polar surface area (TPSA) is 84.2 Å². The summed E-state index contributed by atoms with van der Waals surface area (Å²) < 4.78 is 1.64. The fourth-order valence-corrected chi connectivity index (χ4v) is 1.84. The summed E-state index contributed by atoms with van der Waals surface area (Å²) in [6.45, 7) is 0. The fourth-order valence-electron chi connectivity index (χ4n) is 1.84. The molecule has 0 bridgehead atoms. The van der Waals surface area contributed by atoms with E-state index in [0.717, 1.165) is 5.69 Å². The second kappa shape index (κ2) is 6.51. The lowest BCUT2D eigenvalue weighted by atomic mass is 10.1. The number of aromatic nitrogens is 2. The summed E-state index contributed by atoms with van der Waals surface area (Å²) in [6.07, 6.45) is 4.53. The fraction of sp³-hybridized carbons (Fsp3) is 0.133. The summed E-state index contributed by atoms with van der Waals surface area (Å²) in [5.41, 5.74) is 1.86. The number of anilines is 1. The molecule has 0 fully saturated rings. The van der Waals surface area contributed by atoms with Crippen LogP contribution in [0.4, 0.5) is 5.69 Å². The number of hydrogen-bond acceptors (Lipinski definition) is 3. The van der Waals surface area contributed by atoms with E-state index in [-0.39, 0.29) is 12.3 Å². The Labute approximate surface area is 121 Å². The Morgan fingerprint density at radius 1 is 1.33 bits per heavy atom. The quantitative estimate of drug-likeness (QED) is 0.819. The van der Waals surface area contributed by atoms with Gasteiger partial charge in [-0.3, -0.25) is 14.3 Å². The van der Waals surface area contributed by atoms with Crippen LogP contribution in [0.5, 0.6) is 0 Å². The molecule has 0 aliphatic rings. The van der Waals surface area contributed by atoms with Gasteiger partial charge in [-0.15, -0.1) is 0 Å². The van der Waals surface area contributed by atoms with Crippen LogP contribution in [-0.4, -0.2) is 26.8 Å². The standard InChI is InChI=1S/C15H15N3O3/c1-18-12(8-9-16-18)6-7-14(19)17-13-5-3-2-4-11(13)10-15(20)21/h2-9H,10H2,1H3,(H,17,19)(H,20,21). The first kappa shape index (κ1) is 14.5. The number of aryl methyl sites for hydroxylation is 1. The van der Waals surface area contributed by atoms with Gasteiger partial charge in [-0.25, -0.2) is 0 Å². The van der Waals surface area contributed by atoms with Gasteiger partial charge >= 0.3 is 5.97 Å². The Balaban J connectivity index is 2.08. The Morgan fingerprint density at radius 3 is 2.76 bits per heavy atom. The largest absolute Gasteiger partial charge is 0.481 e. The van der Waals surface area contributed by atoms with E-state index < -0.39 is 5.97 Å². The van der Waals surface area contributed by atoms with E-state index in [1.54, 1.807) is 54.3 Å². The number of carboxylic acids is 1. The molecule has 108 valence electrons. The number of carboxylic acid groups (broad SMARTS) is 1. The highest BCUT2D eigenvalue weighted by molar-refractivity contribution is 6.02. The van der Waals surface area contributed by atoms with Crippen LogP contribution in [0.2, 0.25) is 0 Å². The molecule has 0 saturated carbocycles. The molecule has 0 saturated heterocycles. The molecule has 0 radical (unpaired) electrons. The molecule has 1 aromatic carbocycles. The van der Waals surface area contributed by atoms with Gasteiger partial charge in [0.05, 0.1) is 12.1 Å². The van der Waals surface area contributed by atoms with E-state index in [9.17, 15) is 9.59 Å². The lowest BCUT2D eigenvalue weighted by Crippen LogP contribution is -2.11. The van der Waals surface area contributed by atoms with Gasteiger partial charge in [-0.2, -0.15) is 5.10 Å². The van der Waals surface area contributed by atoms with Gasteiger partial charge in [-0.1, -0.05) is 18.2 Å². The third kappa shape index (κ3) is 4.04. The normalized spacial score (nSPS) is 10.7. The van der Waals surface area contributed by atoms with Crippen LogP contribution < -0.4 is 5.32 Å². The Hall–Kier alpha value is -2.89. The minimum absolute atomic E-state index is 0.137. The Bertz CT molecular complexity index is 689. The molecule has 0 atom stereocenters. The summed E-state index contributed by atoms with van der Waals surface area (Å²) in [5, 5.41) is 15.5. The lowest BCUT2D eigenvalue weighted by molar-refractivity contribution is -0.136. The molecule has 1 aromatic heterocycles. The zero-order valence-electron chi connectivity index (χ0n) is 11.5. The van der Waals surface area contributed by atoms with Crippen molar-refractivity contribution in [3.05, 3.63) is 53.9 Å². The summed E-state index contributed by atoms with van der Waals surface area (Å²) in [4.78, 5) is 22.7. The van der Waals surface area contributed by atoms with Crippen molar-refractivity contribution in [2.75, 3.05) is 5.32 Å². The molecule has 1 heterocycles. The van der Waals surface area contributed by atoms with E-state index in [1.807, 2.05) is 0 Å². The van der Waals surface area contributed by atoms with Crippen LogP contribution in [0, 0.1) is 0 Å². The van der Waals surface area contributed by atoms with Crippen LogP contribution in [0.3, 0.4) is 0 Å². The monoisotopic (exact) mass is 285 g/mol. The molecule has 6 heteroatoms. The maximum absolute atomic E-state index is 11.9. The number of carbonyl (C=O) groups is 2. The van der Waals surface area contributed by atoms with Crippen LogP contribution in [-0.2, 0) is 23.1 Å². The zero-order chi connectivity index (χ0) is 15.2. The predicted molar refractivity (Wildman–Crippen MR) is 78.7 cm³/mol. The molecule has 2 rings (SSSR count). The van der Waals surface area contributed by atoms with Gasteiger partial charge in [0.15, 0.2) is 0 Å². The third-order valence-electron chi connectivity index (χ3n) is 2.88. The average molecular weight is 285 g/mol. The van der Waals surface area contributed by atoms with Gasteiger partial charge in [0.25, 0.3) is 0 Å². The van der Waals surface area contributed by atoms with E-state index >= 15 is 0 Å². The van der Waals surface area contributed by atoms with Crippen LogP contribution in [0.1, 0.15) is 11.3 Å². The Morgan fingerprint density at radius 2 is 2.10 bits per heavy atom. The SMILES string of the molecule is Cn1nccc1C=CC(=O)Nc1ccccc1CC(=O)O. The van der Waals surface area contributed by atoms with Gasteiger partial charge in [0.2, 0.25) is 5.91 Å².